The lowest BCUT2D eigenvalue weighted by atomic mass is 9.78. The van der Waals surface area contributed by atoms with Crippen LogP contribution < -0.4 is 0 Å². The van der Waals surface area contributed by atoms with Crippen LogP contribution in [0, 0.1) is 17.8 Å². The third-order valence-electron chi connectivity index (χ3n) is 8.94. The molecule has 2 saturated heterocycles. The molecule has 0 bridgehead atoms. The monoisotopic (exact) mass is 549 g/mol. The molecule has 11 nitrogen and oxygen atoms in total. The van der Waals surface area contributed by atoms with Gasteiger partial charge in [0, 0.05) is 6.54 Å². The van der Waals surface area contributed by atoms with E-state index in [9.17, 15) is 19.5 Å². The van der Waals surface area contributed by atoms with Crippen molar-refractivity contribution in [1.82, 2.24) is 24.8 Å². The van der Waals surface area contributed by atoms with Crippen LogP contribution in [0.15, 0.2) is 48.6 Å². The fourth-order valence-corrected chi connectivity index (χ4v) is 6.72. The molecule has 4 aliphatic rings. The van der Waals surface area contributed by atoms with E-state index in [1.54, 1.807) is 15.7 Å². The predicted molar refractivity (Wildman–Crippen MR) is 143 cm³/mol. The minimum atomic E-state index is -1.38. The maximum Gasteiger partial charge on any atom is 0.312 e. The summed E-state index contributed by atoms with van der Waals surface area (Å²) in [5.74, 6) is -3.14. The molecule has 7 atom stereocenters. The molecule has 1 N–H and O–H groups in total. The summed E-state index contributed by atoms with van der Waals surface area (Å²) in [6.45, 7) is 4.24. The van der Waals surface area contributed by atoms with E-state index in [1.165, 1.54) is 4.90 Å². The maximum absolute atomic E-state index is 14.5. The lowest BCUT2D eigenvalue weighted by molar-refractivity contribution is -0.157. The van der Waals surface area contributed by atoms with Gasteiger partial charge >= 0.3 is 5.97 Å². The number of aliphatic hydroxyl groups is 1. The first-order chi connectivity index (χ1) is 19.4. The van der Waals surface area contributed by atoms with Crippen LogP contribution in [0.4, 0.5) is 0 Å². The summed E-state index contributed by atoms with van der Waals surface area (Å²) < 4.78 is 13.9. The van der Waals surface area contributed by atoms with E-state index in [1.807, 2.05) is 56.3 Å². The van der Waals surface area contributed by atoms with Gasteiger partial charge in [0.1, 0.15) is 29.7 Å². The maximum atomic E-state index is 14.5. The molecule has 5 heterocycles. The average molecular weight is 550 g/mol. The highest BCUT2D eigenvalue weighted by molar-refractivity contribution is 5.99. The molecule has 40 heavy (non-hydrogen) atoms. The van der Waals surface area contributed by atoms with E-state index < -0.39 is 41.6 Å². The number of aliphatic hydroxyl groups excluding tert-OH is 1. The van der Waals surface area contributed by atoms with Crippen molar-refractivity contribution in [2.24, 2.45) is 17.8 Å². The summed E-state index contributed by atoms with van der Waals surface area (Å²) >= 11 is 0. The molecule has 4 aliphatic heterocycles. The van der Waals surface area contributed by atoms with Gasteiger partial charge in [0.15, 0.2) is 0 Å². The van der Waals surface area contributed by atoms with Gasteiger partial charge in [-0.1, -0.05) is 61.9 Å². The van der Waals surface area contributed by atoms with Crippen molar-refractivity contribution in [2.45, 2.75) is 63.6 Å². The molecule has 0 saturated carbocycles. The standard InChI is InChI=1S/C29H35N5O6/c1-3-18(2)21(16-35)34-25-27(37)32(17-33-20-11-7-6-10-19(20)30-31-33)14-9-13-29(25)24(26(34)36)23-22(40-29)12-5-4-8-15-39-28(23)38/h5-7,9-13,18,21-25,35H,3-4,8,14-17H2,1-2H3/b12-5-/t18-,21-,22+,23-,24-,25?,29-/m0/s1. The number of likely N-dealkylation sites (tertiary alicyclic amines) is 1. The second-order valence-electron chi connectivity index (χ2n) is 11.1. The Morgan fingerprint density at radius 2 is 2.00 bits per heavy atom. The quantitative estimate of drug-likeness (QED) is 0.426. The number of hydrogen-bond donors (Lipinski definition) is 1. The number of rotatable bonds is 6. The van der Waals surface area contributed by atoms with E-state index in [0.717, 1.165) is 11.9 Å². The molecule has 2 aromatic rings. The summed E-state index contributed by atoms with van der Waals surface area (Å²) in [7, 11) is 0. The minimum Gasteiger partial charge on any atom is -0.465 e. The number of esters is 1. The topological polar surface area (TPSA) is 127 Å². The summed E-state index contributed by atoms with van der Waals surface area (Å²) in [6.07, 6.45) is 8.80. The Kier molecular flexibility index (Phi) is 6.95. The zero-order valence-corrected chi connectivity index (χ0v) is 22.8. The van der Waals surface area contributed by atoms with Gasteiger partial charge in [-0.15, -0.1) is 5.10 Å². The normalized spacial score (nSPS) is 32.4. The third kappa shape index (κ3) is 4.05. The molecule has 0 radical (unpaired) electrons. The number of ether oxygens (including phenoxy) is 2. The van der Waals surface area contributed by atoms with Gasteiger partial charge in [-0.25, -0.2) is 4.68 Å². The fourth-order valence-electron chi connectivity index (χ4n) is 6.72. The van der Waals surface area contributed by atoms with Gasteiger partial charge in [-0.05, 0) is 30.9 Å². The van der Waals surface area contributed by atoms with Gasteiger partial charge in [0.05, 0.1) is 36.8 Å². The number of carbonyl (C=O) groups is 3. The first-order valence-corrected chi connectivity index (χ1v) is 14.1. The van der Waals surface area contributed by atoms with Gasteiger partial charge in [-0.2, -0.15) is 0 Å². The number of nitrogens with zero attached hydrogens (tertiary/aromatic N) is 5. The number of carbonyl (C=O) groups excluding carboxylic acids is 3. The minimum absolute atomic E-state index is 0.0965. The van der Waals surface area contributed by atoms with Crippen molar-refractivity contribution in [2.75, 3.05) is 19.8 Å². The van der Waals surface area contributed by atoms with Crippen LogP contribution in [0.25, 0.3) is 11.0 Å². The highest BCUT2D eigenvalue weighted by atomic mass is 16.6. The zero-order chi connectivity index (χ0) is 28.0. The molecule has 1 aromatic heterocycles. The molecule has 0 aliphatic carbocycles. The predicted octanol–water partition coefficient (Wildman–Crippen LogP) is 1.67. The lowest BCUT2D eigenvalue weighted by Gasteiger charge is -2.40. The van der Waals surface area contributed by atoms with E-state index in [-0.39, 0.29) is 44.2 Å². The number of cyclic esters (lactones) is 1. The van der Waals surface area contributed by atoms with Crippen LogP contribution >= 0.6 is 0 Å². The average Bonchev–Trinajstić information content (AvgIpc) is 3.56. The van der Waals surface area contributed by atoms with Crippen molar-refractivity contribution in [1.29, 1.82) is 0 Å². The second kappa shape index (κ2) is 10.4. The SMILES string of the molecule is CC[C@H](C)[C@H](CO)N1C(=O)[C@@H]2[C@H]3C(=O)OCCC/C=C\[C@H]3O[C@@]23C=CCN(Cn2nnc4ccccc42)C(=O)C13. The third-order valence-corrected chi connectivity index (χ3v) is 8.94. The summed E-state index contributed by atoms with van der Waals surface area (Å²) in [5.41, 5.74) is 0.109. The highest BCUT2D eigenvalue weighted by Crippen LogP contribution is 2.54. The molecule has 212 valence electrons. The van der Waals surface area contributed by atoms with Crippen LogP contribution in [0.5, 0.6) is 0 Å². The van der Waals surface area contributed by atoms with Crippen LogP contribution in [0.3, 0.4) is 0 Å². The van der Waals surface area contributed by atoms with Crippen LogP contribution in [0.2, 0.25) is 0 Å². The number of para-hydroxylation sites is 1. The molecule has 2 amide bonds. The van der Waals surface area contributed by atoms with Crippen molar-refractivity contribution < 1.29 is 29.0 Å². The Bertz CT molecular complexity index is 1370. The van der Waals surface area contributed by atoms with Crippen LogP contribution in [-0.4, -0.2) is 91.2 Å². The molecule has 11 heteroatoms. The highest BCUT2D eigenvalue weighted by Gasteiger charge is 2.72. The molecule has 2 fully saturated rings. The van der Waals surface area contributed by atoms with E-state index in [0.29, 0.717) is 18.4 Å². The fraction of sp³-hybridized carbons (Fsp3) is 0.552. The molecular weight excluding hydrogens is 514 g/mol. The number of aromatic nitrogens is 3. The molecule has 1 unspecified atom stereocenters. The summed E-state index contributed by atoms with van der Waals surface area (Å²) in [6, 6.07) is 5.81. The van der Waals surface area contributed by atoms with E-state index in [2.05, 4.69) is 10.3 Å². The summed E-state index contributed by atoms with van der Waals surface area (Å²) in [4.78, 5) is 45.4. The Balaban J connectivity index is 1.44. The first-order valence-electron chi connectivity index (χ1n) is 14.1. The molecule has 1 aromatic carbocycles. The van der Waals surface area contributed by atoms with Crippen LogP contribution in [0.1, 0.15) is 33.1 Å². The lowest BCUT2D eigenvalue weighted by Crippen LogP contribution is -2.59. The Labute approximate surface area is 232 Å². The van der Waals surface area contributed by atoms with Gasteiger partial charge in [0.2, 0.25) is 5.91 Å². The zero-order valence-electron chi connectivity index (χ0n) is 22.8. The van der Waals surface area contributed by atoms with Gasteiger partial charge in [0.25, 0.3) is 5.91 Å². The smallest absolute Gasteiger partial charge is 0.312 e. The number of amides is 2. The summed E-state index contributed by atoms with van der Waals surface area (Å²) in [5, 5.41) is 19.0. The molecular formula is C29H35N5O6. The first kappa shape index (κ1) is 26.6. The van der Waals surface area contributed by atoms with Crippen molar-refractivity contribution in [3.05, 3.63) is 48.6 Å². The van der Waals surface area contributed by atoms with Crippen LogP contribution in [-0.2, 0) is 30.5 Å². The second-order valence-corrected chi connectivity index (χ2v) is 11.1. The Morgan fingerprint density at radius 1 is 1.18 bits per heavy atom. The van der Waals surface area contributed by atoms with Crippen molar-refractivity contribution in [3.63, 3.8) is 0 Å². The Morgan fingerprint density at radius 3 is 2.80 bits per heavy atom. The molecule has 6 rings (SSSR count). The van der Waals surface area contributed by atoms with Gasteiger partial charge < -0.3 is 24.4 Å². The number of hydrogen-bond acceptors (Lipinski definition) is 8. The van der Waals surface area contributed by atoms with Gasteiger partial charge in [-0.3, -0.25) is 14.4 Å². The van der Waals surface area contributed by atoms with Crippen molar-refractivity contribution in [3.8, 4) is 0 Å². The Hall–Kier alpha value is -3.57. The largest absolute Gasteiger partial charge is 0.465 e. The van der Waals surface area contributed by atoms with E-state index in [4.69, 9.17) is 9.47 Å². The number of allylic oxidation sites excluding steroid dienone is 1. The number of benzene rings is 1. The van der Waals surface area contributed by atoms with Crippen molar-refractivity contribution >= 4 is 28.8 Å². The van der Waals surface area contributed by atoms with E-state index >= 15 is 0 Å². The molecule has 1 spiro atoms. The number of fused-ring (bicyclic) bond motifs is 3.